The van der Waals surface area contributed by atoms with E-state index >= 15 is 0 Å². The summed E-state index contributed by atoms with van der Waals surface area (Å²) in [5, 5.41) is 21.7. The third kappa shape index (κ3) is 3.12. The molecule has 1 rings (SSSR count). The van der Waals surface area contributed by atoms with Crippen molar-refractivity contribution in [3.05, 3.63) is 35.9 Å². The summed E-state index contributed by atoms with van der Waals surface area (Å²) in [5.74, 6) is -0.691. The van der Waals surface area contributed by atoms with Crippen molar-refractivity contribution in [3.8, 4) is 6.07 Å². The molecule has 0 radical (unpaired) electrons. The van der Waals surface area contributed by atoms with Gasteiger partial charge in [0.15, 0.2) is 0 Å². The largest absolute Gasteiger partial charge is 0.410 e. The molecular formula is C10H9N3O2. The lowest BCUT2D eigenvalue weighted by molar-refractivity contribution is -0.114. The maximum atomic E-state index is 11.2. The molecule has 0 spiro atoms. The van der Waals surface area contributed by atoms with Crippen LogP contribution >= 0.6 is 0 Å². The van der Waals surface area contributed by atoms with E-state index in [1.807, 2.05) is 30.3 Å². The Morgan fingerprint density at radius 3 is 2.67 bits per heavy atom. The molecule has 1 aromatic rings. The van der Waals surface area contributed by atoms with Crippen LogP contribution in [0.2, 0.25) is 0 Å². The first-order chi connectivity index (χ1) is 7.27. The van der Waals surface area contributed by atoms with Crippen molar-refractivity contribution < 1.29 is 10.0 Å². The third-order valence-corrected chi connectivity index (χ3v) is 1.72. The molecule has 0 saturated carbocycles. The molecule has 0 aliphatic rings. The van der Waals surface area contributed by atoms with E-state index in [1.165, 1.54) is 6.07 Å². The van der Waals surface area contributed by atoms with E-state index in [2.05, 4.69) is 10.5 Å². The zero-order valence-electron chi connectivity index (χ0n) is 7.84. The molecule has 0 aliphatic heterocycles. The molecule has 0 atom stereocenters. The maximum Gasteiger partial charge on any atom is 0.284 e. The van der Waals surface area contributed by atoms with E-state index in [1.54, 1.807) is 0 Å². The van der Waals surface area contributed by atoms with E-state index in [0.717, 1.165) is 5.56 Å². The van der Waals surface area contributed by atoms with Gasteiger partial charge >= 0.3 is 0 Å². The van der Waals surface area contributed by atoms with Gasteiger partial charge in [-0.1, -0.05) is 35.5 Å². The van der Waals surface area contributed by atoms with Crippen molar-refractivity contribution in [2.75, 3.05) is 0 Å². The molecule has 0 aromatic heterocycles. The van der Waals surface area contributed by atoms with Crippen molar-refractivity contribution in [3.63, 3.8) is 0 Å². The van der Waals surface area contributed by atoms with Crippen LogP contribution in [0.15, 0.2) is 35.5 Å². The molecule has 5 nitrogen and oxygen atoms in total. The highest BCUT2D eigenvalue weighted by atomic mass is 16.4. The Balaban J connectivity index is 2.53. The van der Waals surface area contributed by atoms with Gasteiger partial charge in [-0.05, 0) is 5.56 Å². The lowest BCUT2D eigenvalue weighted by atomic mass is 10.2. The van der Waals surface area contributed by atoms with E-state index in [4.69, 9.17) is 10.5 Å². The second-order valence-electron chi connectivity index (χ2n) is 2.73. The van der Waals surface area contributed by atoms with Gasteiger partial charge in [-0.15, -0.1) is 0 Å². The maximum absolute atomic E-state index is 11.2. The molecular weight excluding hydrogens is 194 g/mol. The average Bonchev–Trinajstić information content (AvgIpc) is 2.29. The van der Waals surface area contributed by atoms with Crippen molar-refractivity contribution in [1.29, 1.82) is 5.26 Å². The second kappa shape index (κ2) is 5.40. The summed E-state index contributed by atoms with van der Waals surface area (Å²) < 4.78 is 0. The fourth-order valence-electron chi connectivity index (χ4n) is 0.980. The van der Waals surface area contributed by atoms with Crippen LogP contribution in [-0.4, -0.2) is 16.8 Å². The fourth-order valence-corrected chi connectivity index (χ4v) is 0.980. The smallest absolute Gasteiger partial charge is 0.284 e. The van der Waals surface area contributed by atoms with Gasteiger partial charge in [-0.2, -0.15) is 5.26 Å². The van der Waals surface area contributed by atoms with Crippen LogP contribution in [0, 0.1) is 11.3 Å². The Kier molecular flexibility index (Phi) is 3.86. The summed E-state index contributed by atoms with van der Waals surface area (Å²) in [7, 11) is 0. The van der Waals surface area contributed by atoms with Crippen LogP contribution in [0.5, 0.6) is 0 Å². The Bertz CT molecular complexity index is 406. The number of hydrogen-bond acceptors (Lipinski definition) is 4. The van der Waals surface area contributed by atoms with Gasteiger partial charge in [0.2, 0.25) is 5.71 Å². The zero-order chi connectivity index (χ0) is 11.1. The predicted molar refractivity (Wildman–Crippen MR) is 53.1 cm³/mol. The Hall–Kier alpha value is -2.35. The highest BCUT2D eigenvalue weighted by Crippen LogP contribution is 1.96. The standard InChI is InChI=1S/C10H9N3O2/c11-6-9(13-15)10(14)12-7-8-4-2-1-3-5-8/h1-5,15H,7H2,(H,12,14). The van der Waals surface area contributed by atoms with Crippen LogP contribution in [0.3, 0.4) is 0 Å². The number of carbonyl (C=O) groups is 1. The minimum Gasteiger partial charge on any atom is -0.410 e. The van der Waals surface area contributed by atoms with Crippen LogP contribution in [0.25, 0.3) is 0 Å². The lowest BCUT2D eigenvalue weighted by Gasteiger charge is -2.02. The first kappa shape index (κ1) is 10.7. The number of nitrogens with zero attached hydrogens (tertiary/aromatic N) is 2. The number of carbonyl (C=O) groups excluding carboxylic acids is 1. The van der Waals surface area contributed by atoms with Gasteiger partial charge in [-0.25, -0.2) is 0 Å². The Morgan fingerprint density at radius 2 is 2.13 bits per heavy atom. The normalized spacial score (nSPS) is 10.5. The first-order valence-corrected chi connectivity index (χ1v) is 4.22. The van der Waals surface area contributed by atoms with Crippen LogP contribution in [-0.2, 0) is 11.3 Å². The quantitative estimate of drug-likeness (QED) is 0.429. The van der Waals surface area contributed by atoms with E-state index in [-0.39, 0.29) is 0 Å². The lowest BCUT2D eigenvalue weighted by Crippen LogP contribution is -2.29. The van der Waals surface area contributed by atoms with E-state index in [0.29, 0.717) is 6.54 Å². The summed E-state index contributed by atoms with van der Waals surface area (Å²) in [6.45, 7) is 0.292. The topological polar surface area (TPSA) is 85.5 Å². The van der Waals surface area contributed by atoms with Crippen molar-refractivity contribution in [2.45, 2.75) is 6.54 Å². The van der Waals surface area contributed by atoms with Gasteiger partial charge in [0.25, 0.3) is 5.91 Å². The summed E-state index contributed by atoms with van der Waals surface area (Å²) in [6, 6.07) is 10.7. The fraction of sp³-hybridized carbons (Fsp3) is 0.100. The predicted octanol–water partition coefficient (Wildman–Crippen LogP) is 0.657. The number of benzene rings is 1. The molecule has 2 N–H and O–H groups in total. The molecule has 0 saturated heterocycles. The summed E-state index contributed by atoms with van der Waals surface area (Å²) in [4.78, 5) is 11.2. The molecule has 0 heterocycles. The van der Waals surface area contributed by atoms with Crippen LogP contribution < -0.4 is 5.32 Å². The van der Waals surface area contributed by atoms with E-state index < -0.39 is 11.6 Å². The molecule has 1 aromatic carbocycles. The van der Waals surface area contributed by atoms with Gasteiger partial charge in [0.05, 0.1) is 0 Å². The van der Waals surface area contributed by atoms with Gasteiger partial charge in [-0.3, -0.25) is 4.79 Å². The molecule has 0 fully saturated rings. The molecule has 0 aliphatic carbocycles. The van der Waals surface area contributed by atoms with Crippen molar-refractivity contribution in [2.24, 2.45) is 5.16 Å². The van der Waals surface area contributed by atoms with Crippen molar-refractivity contribution in [1.82, 2.24) is 5.32 Å². The zero-order valence-corrected chi connectivity index (χ0v) is 7.84. The molecule has 76 valence electrons. The SMILES string of the molecule is N#CC(=NO)C(=O)NCc1ccccc1. The molecule has 5 heteroatoms. The summed E-state index contributed by atoms with van der Waals surface area (Å²) >= 11 is 0. The number of oxime groups is 1. The van der Waals surface area contributed by atoms with Gasteiger partial charge in [0.1, 0.15) is 6.07 Å². The number of rotatable bonds is 3. The number of amides is 1. The minimum absolute atomic E-state index is 0.292. The monoisotopic (exact) mass is 203 g/mol. The van der Waals surface area contributed by atoms with Gasteiger partial charge < -0.3 is 10.5 Å². The second-order valence-corrected chi connectivity index (χ2v) is 2.73. The van der Waals surface area contributed by atoms with Crippen LogP contribution in [0.4, 0.5) is 0 Å². The van der Waals surface area contributed by atoms with E-state index in [9.17, 15) is 4.79 Å². The minimum atomic E-state index is -0.691. The molecule has 1 amide bonds. The highest BCUT2D eigenvalue weighted by molar-refractivity contribution is 6.44. The summed E-state index contributed by atoms with van der Waals surface area (Å²) in [6.07, 6.45) is 0. The third-order valence-electron chi connectivity index (χ3n) is 1.72. The number of nitrogens with one attached hydrogen (secondary N) is 1. The Labute approximate surface area is 86.6 Å². The molecule has 0 unspecified atom stereocenters. The highest BCUT2D eigenvalue weighted by Gasteiger charge is 2.09. The average molecular weight is 203 g/mol. The van der Waals surface area contributed by atoms with Crippen LogP contribution in [0.1, 0.15) is 5.56 Å². The molecule has 15 heavy (non-hydrogen) atoms. The number of hydrogen-bond donors (Lipinski definition) is 2. The molecule has 0 bridgehead atoms. The van der Waals surface area contributed by atoms with Crippen molar-refractivity contribution >= 4 is 11.6 Å². The first-order valence-electron chi connectivity index (χ1n) is 4.22. The Morgan fingerprint density at radius 1 is 1.47 bits per heavy atom. The number of nitriles is 1. The summed E-state index contributed by atoms with van der Waals surface area (Å²) in [5.41, 5.74) is 0.354. The van der Waals surface area contributed by atoms with Gasteiger partial charge in [0, 0.05) is 6.54 Å².